The maximum absolute atomic E-state index is 12.1. The van der Waals surface area contributed by atoms with Crippen molar-refractivity contribution in [1.29, 1.82) is 0 Å². The fraction of sp³-hybridized carbons (Fsp3) is 0.765. The second-order valence-corrected chi connectivity index (χ2v) is 7.87. The fourth-order valence-corrected chi connectivity index (χ4v) is 3.57. The zero-order chi connectivity index (χ0) is 16.8. The molecule has 22 heavy (non-hydrogen) atoms. The van der Waals surface area contributed by atoms with Gasteiger partial charge in [-0.3, -0.25) is 9.59 Å². The largest absolute Gasteiger partial charge is 0.465 e. The van der Waals surface area contributed by atoms with Crippen molar-refractivity contribution < 1.29 is 19.1 Å². The van der Waals surface area contributed by atoms with Crippen molar-refractivity contribution in [3.63, 3.8) is 0 Å². The van der Waals surface area contributed by atoms with E-state index in [4.69, 9.17) is 9.47 Å². The highest BCUT2D eigenvalue weighted by atomic mass is 79.9. The van der Waals surface area contributed by atoms with Crippen molar-refractivity contribution in [2.45, 2.75) is 57.7 Å². The lowest BCUT2D eigenvalue weighted by molar-refractivity contribution is -0.162. The van der Waals surface area contributed by atoms with Gasteiger partial charge in [0.05, 0.1) is 13.2 Å². The van der Waals surface area contributed by atoms with Crippen molar-refractivity contribution in [3.05, 3.63) is 11.6 Å². The first-order valence-corrected chi connectivity index (χ1v) is 8.78. The summed E-state index contributed by atoms with van der Waals surface area (Å²) in [5.41, 5.74) is 1.41. The summed E-state index contributed by atoms with van der Waals surface area (Å²) in [6.07, 6.45) is 5.73. The third kappa shape index (κ3) is 5.41. The summed E-state index contributed by atoms with van der Waals surface area (Å²) in [5, 5.41) is 0. The van der Waals surface area contributed by atoms with Gasteiger partial charge in [0.2, 0.25) is 0 Å². The van der Waals surface area contributed by atoms with Crippen LogP contribution in [-0.4, -0.2) is 29.5 Å². The number of alkyl halides is 1. The molecule has 1 rings (SSSR count). The number of esters is 2. The predicted octanol–water partition coefficient (Wildman–Crippen LogP) is 4.02. The van der Waals surface area contributed by atoms with Crippen molar-refractivity contribution in [2.75, 3.05) is 13.2 Å². The molecule has 0 aromatic rings. The molecule has 0 aromatic heterocycles. The van der Waals surface area contributed by atoms with Crippen LogP contribution in [-0.2, 0) is 19.1 Å². The topological polar surface area (TPSA) is 52.6 Å². The maximum Gasteiger partial charge on any atom is 0.320 e. The van der Waals surface area contributed by atoms with E-state index in [1.807, 2.05) is 0 Å². The Morgan fingerprint density at radius 1 is 1.32 bits per heavy atom. The Bertz CT molecular complexity index is 410. The molecule has 0 bridgehead atoms. The van der Waals surface area contributed by atoms with Crippen molar-refractivity contribution >= 4 is 27.9 Å². The Hall–Kier alpha value is -0.840. The predicted molar refractivity (Wildman–Crippen MR) is 89.8 cm³/mol. The molecule has 0 aliphatic heterocycles. The Morgan fingerprint density at radius 2 is 1.86 bits per heavy atom. The first-order valence-electron chi connectivity index (χ1n) is 7.99. The first-order chi connectivity index (χ1) is 10.3. The molecule has 126 valence electrons. The SMILES string of the molecule is CCOC(=O)C(CC(C)(Br)C1CC=C(C)CC1)C(=O)OCC. The van der Waals surface area contributed by atoms with Gasteiger partial charge in [-0.15, -0.1) is 0 Å². The van der Waals surface area contributed by atoms with E-state index in [2.05, 4.69) is 35.9 Å². The van der Waals surface area contributed by atoms with Gasteiger partial charge >= 0.3 is 11.9 Å². The minimum absolute atomic E-state index is 0.263. The highest BCUT2D eigenvalue weighted by Crippen LogP contribution is 2.42. The molecule has 0 fully saturated rings. The van der Waals surface area contributed by atoms with E-state index >= 15 is 0 Å². The number of hydrogen-bond acceptors (Lipinski definition) is 4. The van der Waals surface area contributed by atoms with Crippen LogP contribution in [0.25, 0.3) is 0 Å². The second-order valence-electron chi connectivity index (χ2n) is 6.06. The number of carbonyl (C=O) groups excluding carboxylic acids is 2. The molecule has 4 nitrogen and oxygen atoms in total. The lowest BCUT2D eigenvalue weighted by Gasteiger charge is -2.36. The highest BCUT2D eigenvalue weighted by Gasteiger charge is 2.40. The molecule has 2 atom stereocenters. The van der Waals surface area contributed by atoms with Gasteiger partial charge in [0.1, 0.15) is 0 Å². The first kappa shape index (κ1) is 19.2. The van der Waals surface area contributed by atoms with Crippen molar-refractivity contribution in [1.82, 2.24) is 0 Å². The molecule has 0 radical (unpaired) electrons. The monoisotopic (exact) mass is 374 g/mol. The Labute approximate surface area is 141 Å². The van der Waals surface area contributed by atoms with Gasteiger partial charge in [-0.1, -0.05) is 27.6 Å². The van der Waals surface area contributed by atoms with Gasteiger partial charge in [0.15, 0.2) is 5.92 Å². The maximum atomic E-state index is 12.1. The van der Waals surface area contributed by atoms with E-state index in [0.29, 0.717) is 12.3 Å². The Balaban J connectivity index is 2.82. The summed E-state index contributed by atoms with van der Waals surface area (Å²) in [6, 6.07) is 0. The van der Waals surface area contributed by atoms with E-state index in [1.165, 1.54) is 5.57 Å². The summed E-state index contributed by atoms with van der Waals surface area (Å²) in [5.74, 6) is -1.46. The molecular weight excluding hydrogens is 348 g/mol. The van der Waals surface area contributed by atoms with Crippen LogP contribution in [0.4, 0.5) is 0 Å². The van der Waals surface area contributed by atoms with Crippen LogP contribution in [0.1, 0.15) is 53.4 Å². The van der Waals surface area contributed by atoms with Gasteiger partial charge in [0.25, 0.3) is 0 Å². The summed E-state index contributed by atoms with van der Waals surface area (Å²) in [7, 11) is 0. The zero-order valence-electron chi connectivity index (χ0n) is 14.0. The fourth-order valence-electron chi connectivity index (χ4n) is 2.83. The van der Waals surface area contributed by atoms with Crippen LogP contribution in [0, 0.1) is 11.8 Å². The number of allylic oxidation sites excluding steroid dienone is 2. The van der Waals surface area contributed by atoms with Crippen LogP contribution in [0.2, 0.25) is 0 Å². The third-order valence-corrected chi connectivity index (χ3v) is 5.21. The average Bonchev–Trinajstić information content (AvgIpc) is 2.45. The summed E-state index contributed by atoms with van der Waals surface area (Å²) < 4.78 is 9.80. The number of carbonyl (C=O) groups is 2. The van der Waals surface area contributed by atoms with E-state index < -0.39 is 17.9 Å². The highest BCUT2D eigenvalue weighted by molar-refractivity contribution is 9.10. The van der Waals surface area contributed by atoms with Crippen LogP contribution < -0.4 is 0 Å². The van der Waals surface area contributed by atoms with Gasteiger partial charge in [0, 0.05) is 4.32 Å². The minimum atomic E-state index is -0.865. The molecule has 2 unspecified atom stereocenters. The third-order valence-electron chi connectivity index (χ3n) is 4.23. The van der Waals surface area contributed by atoms with E-state index in [9.17, 15) is 9.59 Å². The molecule has 1 aliphatic rings. The van der Waals surface area contributed by atoms with Gasteiger partial charge < -0.3 is 9.47 Å². The molecule has 5 heteroatoms. The Kier molecular flexibility index (Phi) is 7.60. The zero-order valence-corrected chi connectivity index (χ0v) is 15.6. The molecule has 0 amide bonds. The van der Waals surface area contributed by atoms with Crippen molar-refractivity contribution in [2.24, 2.45) is 11.8 Å². The summed E-state index contributed by atoms with van der Waals surface area (Å²) >= 11 is 3.76. The average molecular weight is 375 g/mol. The summed E-state index contributed by atoms with van der Waals surface area (Å²) in [6.45, 7) is 8.20. The quantitative estimate of drug-likeness (QED) is 0.292. The van der Waals surface area contributed by atoms with Crippen LogP contribution in [0.5, 0.6) is 0 Å². The van der Waals surface area contributed by atoms with Crippen LogP contribution in [0.15, 0.2) is 11.6 Å². The number of ether oxygens (including phenoxy) is 2. The van der Waals surface area contributed by atoms with Gasteiger partial charge in [-0.05, 0) is 59.3 Å². The molecule has 0 saturated heterocycles. The number of hydrogen-bond donors (Lipinski definition) is 0. The van der Waals surface area contributed by atoms with Crippen molar-refractivity contribution in [3.8, 4) is 0 Å². The van der Waals surface area contributed by atoms with Crippen LogP contribution >= 0.6 is 15.9 Å². The molecule has 0 N–H and O–H groups in total. The normalized spacial score (nSPS) is 21.0. The molecular formula is C17H27BrO4. The molecule has 0 heterocycles. The molecule has 0 spiro atoms. The standard InChI is InChI=1S/C17H27BrO4/c1-5-21-15(19)14(16(20)22-6-2)11-17(4,18)13-9-7-12(3)8-10-13/h7,13-14H,5-6,8-11H2,1-4H3. The molecule has 1 aliphatic carbocycles. The summed E-state index contributed by atoms with van der Waals surface area (Å²) in [4.78, 5) is 24.2. The minimum Gasteiger partial charge on any atom is -0.465 e. The van der Waals surface area contributed by atoms with E-state index in [0.717, 1.165) is 19.3 Å². The van der Waals surface area contributed by atoms with Gasteiger partial charge in [-0.25, -0.2) is 0 Å². The number of rotatable bonds is 7. The Morgan fingerprint density at radius 3 is 2.27 bits per heavy atom. The van der Waals surface area contributed by atoms with E-state index in [-0.39, 0.29) is 17.5 Å². The van der Waals surface area contributed by atoms with E-state index in [1.54, 1.807) is 13.8 Å². The number of halogens is 1. The van der Waals surface area contributed by atoms with Gasteiger partial charge in [-0.2, -0.15) is 0 Å². The lowest BCUT2D eigenvalue weighted by atomic mass is 9.77. The lowest BCUT2D eigenvalue weighted by Crippen LogP contribution is -2.38. The molecule has 0 aromatic carbocycles. The van der Waals surface area contributed by atoms with Crippen LogP contribution in [0.3, 0.4) is 0 Å². The second kappa shape index (κ2) is 8.70. The molecule has 0 saturated carbocycles. The smallest absolute Gasteiger partial charge is 0.320 e.